The van der Waals surface area contributed by atoms with Crippen molar-refractivity contribution in [3.05, 3.63) is 106 Å². The van der Waals surface area contributed by atoms with Gasteiger partial charge in [-0.05, 0) is 48.5 Å². The number of hydrogen-bond acceptors (Lipinski definition) is 9. The zero-order chi connectivity index (χ0) is 28.4. The summed E-state index contributed by atoms with van der Waals surface area (Å²) in [6.45, 7) is -0.656. The highest BCUT2D eigenvalue weighted by Gasteiger charge is 2.57. The van der Waals surface area contributed by atoms with Crippen molar-refractivity contribution in [1.29, 1.82) is 0 Å². The van der Waals surface area contributed by atoms with Gasteiger partial charge in [-0.25, -0.2) is 9.59 Å². The van der Waals surface area contributed by atoms with E-state index in [1.54, 1.807) is 30.3 Å². The van der Waals surface area contributed by atoms with Gasteiger partial charge >= 0.3 is 11.9 Å². The van der Waals surface area contributed by atoms with Crippen molar-refractivity contribution in [3.8, 4) is 0 Å². The molecule has 1 N–H and O–H groups in total. The van der Waals surface area contributed by atoms with Crippen LogP contribution >= 0.6 is 11.6 Å². The fraction of sp³-hybridized carbons (Fsp3) is 0.241. The third-order valence-corrected chi connectivity index (χ3v) is 6.98. The predicted molar refractivity (Wildman–Crippen MR) is 140 cm³/mol. The molecule has 5 atom stereocenters. The number of halogens is 1. The molecule has 2 aliphatic heterocycles. The molecule has 0 aliphatic carbocycles. The highest BCUT2D eigenvalue weighted by Crippen LogP contribution is 2.35. The molecule has 3 aromatic rings. The van der Waals surface area contributed by atoms with Crippen molar-refractivity contribution >= 4 is 35.4 Å². The molecule has 0 aromatic heterocycles. The molecule has 5 rings (SSSR count). The lowest BCUT2D eigenvalue weighted by atomic mass is 9.94. The number of aliphatic hydroxyl groups is 1. The molecular formula is C29H24ClNO9. The summed E-state index contributed by atoms with van der Waals surface area (Å²) in [4.78, 5) is 54.3. The molecule has 0 bridgehead atoms. The Hall–Kier alpha value is -4.09. The molecule has 11 heteroatoms. The number of nitrogens with zero attached hydrogens (tertiary/aromatic N) is 1. The first-order valence-corrected chi connectivity index (χ1v) is 12.7. The summed E-state index contributed by atoms with van der Waals surface area (Å²) >= 11 is 5.96. The fourth-order valence-corrected chi connectivity index (χ4v) is 4.93. The number of rotatable bonds is 7. The number of benzene rings is 3. The molecule has 40 heavy (non-hydrogen) atoms. The molecule has 1 saturated heterocycles. The van der Waals surface area contributed by atoms with Gasteiger partial charge in [0.2, 0.25) is 0 Å². The molecule has 0 radical (unpaired) electrons. The van der Waals surface area contributed by atoms with Crippen molar-refractivity contribution in [2.75, 3.05) is 13.7 Å². The molecule has 0 saturated carbocycles. The Balaban J connectivity index is 1.57. The summed E-state index contributed by atoms with van der Waals surface area (Å²) in [7, 11) is 1.28. The summed E-state index contributed by atoms with van der Waals surface area (Å²) in [5.74, 6) is -2.98. The quantitative estimate of drug-likeness (QED) is 0.339. The monoisotopic (exact) mass is 565 g/mol. The van der Waals surface area contributed by atoms with Gasteiger partial charge in [0, 0.05) is 12.1 Å². The first-order valence-electron chi connectivity index (χ1n) is 12.3. The summed E-state index contributed by atoms with van der Waals surface area (Å²) in [5.41, 5.74) is 0.590. The first kappa shape index (κ1) is 27.5. The number of aliphatic hydroxyl groups excluding tert-OH is 1. The number of esters is 2. The van der Waals surface area contributed by atoms with Gasteiger partial charge < -0.3 is 24.1 Å². The van der Waals surface area contributed by atoms with Gasteiger partial charge in [0.25, 0.3) is 11.8 Å². The van der Waals surface area contributed by atoms with E-state index in [1.807, 2.05) is 0 Å². The summed E-state index contributed by atoms with van der Waals surface area (Å²) in [6, 6.07) is 18.7. The van der Waals surface area contributed by atoms with Crippen LogP contribution in [0.15, 0.2) is 78.9 Å². The second-order valence-electron chi connectivity index (χ2n) is 9.09. The Morgan fingerprint density at radius 1 is 0.825 bits per heavy atom. The Kier molecular flexibility index (Phi) is 7.95. The van der Waals surface area contributed by atoms with Crippen LogP contribution in [0.5, 0.6) is 0 Å². The van der Waals surface area contributed by atoms with Crippen molar-refractivity contribution < 1.29 is 43.2 Å². The zero-order valence-corrected chi connectivity index (χ0v) is 21.9. The smallest absolute Gasteiger partial charge is 0.338 e. The van der Waals surface area contributed by atoms with Crippen LogP contribution in [0, 0.1) is 0 Å². The number of carbonyl (C=O) groups is 4. The number of fused-ring (bicyclic) bond motifs is 1. The molecule has 0 unspecified atom stereocenters. The lowest BCUT2D eigenvalue weighted by Crippen LogP contribution is -2.67. The average Bonchev–Trinajstić information content (AvgIpc) is 3.23. The van der Waals surface area contributed by atoms with Gasteiger partial charge in [-0.3, -0.25) is 14.5 Å². The van der Waals surface area contributed by atoms with E-state index in [1.165, 1.54) is 55.6 Å². The van der Waals surface area contributed by atoms with E-state index in [9.17, 15) is 24.3 Å². The van der Waals surface area contributed by atoms with E-state index in [-0.39, 0.29) is 22.3 Å². The van der Waals surface area contributed by atoms with Crippen LogP contribution in [-0.4, -0.2) is 78.1 Å². The van der Waals surface area contributed by atoms with Crippen LogP contribution in [0.2, 0.25) is 5.02 Å². The molecule has 2 heterocycles. The highest BCUT2D eigenvalue weighted by atomic mass is 35.5. The van der Waals surface area contributed by atoms with E-state index in [4.69, 9.17) is 30.5 Å². The number of carbonyl (C=O) groups excluding carboxylic acids is 4. The van der Waals surface area contributed by atoms with Crippen LogP contribution in [0.4, 0.5) is 0 Å². The minimum absolute atomic E-state index is 0.111. The van der Waals surface area contributed by atoms with Gasteiger partial charge in [0.1, 0.15) is 12.1 Å². The third kappa shape index (κ3) is 5.09. The molecule has 2 aliphatic rings. The molecule has 1 fully saturated rings. The van der Waals surface area contributed by atoms with Crippen LogP contribution in [0.3, 0.4) is 0 Å². The van der Waals surface area contributed by atoms with Gasteiger partial charge in [-0.15, -0.1) is 0 Å². The van der Waals surface area contributed by atoms with Crippen LogP contribution in [0.25, 0.3) is 0 Å². The number of methoxy groups -OCH3 is 1. The predicted octanol–water partition coefficient (Wildman–Crippen LogP) is 3.12. The Bertz CT molecular complexity index is 1390. The third-order valence-electron chi connectivity index (χ3n) is 6.73. The standard InChI is InChI=1S/C29H24ClNO9/c1-37-29-22(31-25(33)19-9-5-6-10-20(19)26(31)34)24(40-28(36)17-11-13-18(30)14-12-17)23(21(15-32)38-29)39-27(35)16-7-3-2-4-8-16/h2-14,21-24,29,32H,15H2,1H3/t21-,22-,23-,24-,29-/m1/s1. The minimum atomic E-state index is -1.49. The largest absolute Gasteiger partial charge is 0.452 e. The van der Waals surface area contributed by atoms with Gasteiger partial charge in [0.05, 0.1) is 28.9 Å². The maximum atomic E-state index is 13.5. The fourth-order valence-electron chi connectivity index (χ4n) is 4.80. The van der Waals surface area contributed by atoms with E-state index < -0.39 is 61.0 Å². The Morgan fingerprint density at radius 2 is 1.35 bits per heavy atom. The number of amides is 2. The van der Waals surface area contributed by atoms with Gasteiger partial charge in [-0.2, -0.15) is 0 Å². The van der Waals surface area contributed by atoms with E-state index in [0.717, 1.165) is 4.90 Å². The SMILES string of the molecule is CO[C@@H]1O[C@H](CO)[C@@H](OC(=O)c2ccccc2)[C@H](OC(=O)c2ccc(Cl)cc2)[C@H]1N1C(=O)c2ccccc2C1=O. The van der Waals surface area contributed by atoms with Crippen molar-refractivity contribution in [2.45, 2.75) is 30.6 Å². The van der Waals surface area contributed by atoms with Gasteiger partial charge in [0.15, 0.2) is 18.5 Å². The lowest BCUT2D eigenvalue weighted by Gasteiger charge is -2.46. The second kappa shape index (κ2) is 11.6. The van der Waals surface area contributed by atoms with Crippen LogP contribution < -0.4 is 0 Å². The second-order valence-corrected chi connectivity index (χ2v) is 9.53. The van der Waals surface area contributed by atoms with E-state index in [2.05, 4.69) is 0 Å². The summed E-state index contributed by atoms with van der Waals surface area (Å²) in [5, 5.41) is 10.6. The maximum absolute atomic E-state index is 13.5. The molecule has 10 nitrogen and oxygen atoms in total. The number of hydrogen-bond donors (Lipinski definition) is 1. The van der Waals surface area contributed by atoms with Gasteiger partial charge in [-0.1, -0.05) is 41.9 Å². The zero-order valence-electron chi connectivity index (χ0n) is 21.1. The van der Waals surface area contributed by atoms with Crippen molar-refractivity contribution in [1.82, 2.24) is 4.90 Å². The van der Waals surface area contributed by atoms with Crippen molar-refractivity contribution in [2.24, 2.45) is 0 Å². The topological polar surface area (TPSA) is 129 Å². The molecule has 0 spiro atoms. The van der Waals surface area contributed by atoms with Crippen LogP contribution in [-0.2, 0) is 18.9 Å². The Morgan fingerprint density at radius 3 is 1.90 bits per heavy atom. The first-order chi connectivity index (χ1) is 19.3. The van der Waals surface area contributed by atoms with Crippen LogP contribution in [0.1, 0.15) is 41.4 Å². The minimum Gasteiger partial charge on any atom is -0.452 e. The average molecular weight is 566 g/mol. The molecular weight excluding hydrogens is 542 g/mol. The summed E-state index contributed by atoms with van der Waals surface area (Å²) in [6.07, 6.45) is -5.50. The molecule has 2 amide bonds. The molecule has 206 valence electrons. The lowest BCUT2D eigenvalue weighted by molar-refractivity contribution is -0.271. The highest BCUT2D eigenvalue weighted by molar-refractivity contribution is 6.30. The number of ether oxygens (including phenoxy) is 4. The molecule has 3 aromatic carbocycles. The normalized spacial score (nSPS) is 24.0. The number of imide groups is 1. The van der Waals surface area contributed by atoms with E-state index >= 15 is 0 Å². The summed E-state index contributed by atoms with van der Waals surface area (Å²) < 4.78 is 23.0. The van der Waals surface area contributed by atoms with E-state index in [0.29, 0.717) is 5.02 Å². The maximum Gasteiger partial charge on any atom is 0.338 e. The van der Waals surface area contributed by atoms with Crippen molar-refractivity contribution in [3.63, 3.8) is 0 Å². The Labute approximate surface area is 234 Å².